The Morgan fingerprint density at radius 3 is 2.50 bits per heavy atom. The van der Waals surface area contributed by atoms with Crippen LogP contribution in [0.4, 0.5) is 4.79 Å². The zero-order valence-electron chi connectivity index (χ0n) is 13.9. The largest absolute Gasteiger partial charge is 0.465 e. The van der Waals surface area contributed by atoms with E-state index < -0.39 is 5.60 Å². The van der Waals surface area contributed by atoms with Gasteiger partial charge in [0.25, 0.3) is 0 Å². The predicted molar refractivity (Wildman–Crippen MR) is 85.0 cm³/mol. The van der Waals surface area contributed by atoms with Crippen LogP contribution in [-0.4, -0.2) is 29.7 Å². The van der Waals surface area contributed by atoms with Crippen LogP contribution in [0.15, 0.2) is 6.07 Å². The van der Waals surface area contributed by atoms with Gasteiger partial charge in [0.15, 0.2) is 0 Å². The Morgan fingerprint density at radius 1 is 1.36 bits per heavy atom. The summed E-state index contributed by atoms with van der Waals surface area (Å²) in [5, 5.41) is 0. The van der Waals surface area contributed by atoms with Crippen molar-refractivity contribution >= 4 is 23.4 Å². The fourth-order valence-corrected chi connectivity index (χ4v) is 3.98. The van der Waals surface area contributed by atoms with Gasteiger partial charge in [0.05, 0.1) is 19.7 Å². The number of thiophene rings is 1. The first-order valence-corrected chi connectivity index (χ1v) is 8.16. The number of carbonyl (C=O) groups excluding carboxylic acids is 2. The molecule has 122 valence electrons. The van der Waals surface area contributed by atoms with Crippen molar-refractivity contribution in [2.75, 3.05) is 7.11 Å². The SMILES string of the molecule is COC(=O)c1cc2c(s1)[C@H](C(C)C)N(C(=O)OC(C)(C)C)C2. The minimum atomic E-state index is -0.522. The molecule has 0 unspecified atom stereocenters. The van der Waals surface area contributed by atoms with Gasteiger partial charge in [-0.05, 0) is 38.3 Å². The summed E-state index contributed by atoms with van der Waals surface area (Å²) in [6.07, 6.45) is -0.311. The van der Waals surface area contributed by atoms with Gasteiger partial charge in [0.1, 0.15) is 10.5 Å². The first-order chi connectivity index (χ1) is 10.1. The van der Waals surface area contributed by atoms with Gasteiger partial charge in [-0.3, -0.25) is 4.90 Å². The Kier molecular flexibility index (Phi) is 4.52. The topological polar surface area (TPSA) is 55.8 Å². The maximum atomic E-state index is 12.4. The van der Waals surface area contributed by atoms with Crippen molar-refractivity contribution in [3.05, 3.63) is 21.4 Å². The standard InChI is InChI=1S/C16H23NO4S/c1-9(2)12-13-10(7-11(22-13)14(18)20-6)8-17(12)15(19)21-16(3,4)5/h7,9,12H,8H2,1-6H3/t12-/m0/s1. The van der Waals surface area contributed by atoms with Crippen LogP contribution in [0.1, 0.15) is 60.8 Å². The molecule has 6 heteroatoms. The van der Waals surface area contributed by atoms with E-state index in [2.05, 4.69) is 13.8 Å². The minimum Gasteiger partial charge on any atom is -0.465 e. The van der Waals surface area contributed by atoms with Crippen molar-refractivity contribution < 1.29 is 19.1 Å². The Labute approximate surface area is 135 Å². The summed E-state index contributed by atoms with van der Waals surface area (Å²) in [7, 11) is 1.38. The molecule has 1 atom stereocenters. The molecule has 2 rings (SSSR count). The summed E-state index contributed by atoms with van der Waals surface area (Å²) in [5.74, 6) is -0.0939. The van der Waals surface area contributed by atoms with Crippen LogP contribution < -0.4 is 0 Å². The molecule has 0 saturated carbocycles. The number of hydrogen-bond acceptors (Lipinski definition) is 5. The third-order valence-corrected chi connectivity index (χ3v) is 4.66. The average molecular weight is 325 g/mol. The quantitative estimate of drug-likeness (QED) is 0.772. The van der Waals surface area contributed by atoms with Crippen LogP contribution in [0.2, 0.25) is 0 Å². The first kappa shape index (κ1) is 16.8. The second kappa shape index (κ2) is 5.91. The van der Waals surface area contributed by atoms with E-state index in [0.29, 0.717) is 11.4 Å². The van der Waals surface area contributed by atoms with Gasteiger partial charge >= 0.3 is 12.1 Å². The zero-order valence-corrected chi connectivity index (χ0v) is 14.7. The molecule has 0 spiro atoms. The molecule has 1 aromatic heterocycles. The van der Waals surface area contributed by atoms with Crippen LogP contribution in [-0.2, 0) is 16.0 Å². The highest BCUT2D eigenvalue weighted by Gasteiger charge is 2.40. The normalized spacial score (nSPS) is 17.6. The lowest BCUT2D eigenvalue weighted by atomic mass is 10.0. The lowest BCUT2D eigenvalue weighted by Gasteiger charge is -2.30. The van der Waals surface area contributed by atoms with Gasteiger partial charge in [0, 0.05) is 4.88 Å². The molecule has 1 aromatic rings. The Hall–Kier alpha value is -1.56. The summed E-state index contributed by atoms with van der Waals surface area (Å²) in [4.78, 5) is 27.5. The number of methoxy groups -OCH3 is 1. The van der Waals surface area contributed by atoms with E-state index in [1.807, 2.05) is 26.8 Å². The smallest absolute Gasteiger partial charge is 0.411 e. The number of ether oxygens (including phenoxy) is 2. The third-order valence-electron chi connectivity index (χ3n) is 3.43. The maximum absolute atomic E-state index is 12.4. The predicted octanol–water partition coefficient (Wildman–Crippen LogP) is 3.98. The minimum absolute atomic E-state index is 0.0618. The van der Waals surface area contributed by atoms with Crippen LogP contribution in [0.5, 0.6) is 0 Å². The maximum Gasteiger partial charge on any atom is 0.411 e. The summed E-state index contributed by atoms with van der Waals surface area (Å²) < 4.78 is 10.3. The number of esters is 1. The molecule has 1 amide bonds. The number of hydrogen-bond donors (Lipinski definition) is 0. The van der Waals surface area contributed by atoms with E-state index in [9.17, 15) is 9.59 Å². The van der Waals surface area contributed by atoms with E-state index in [0.717, 1.165) is 10.4 Å². The first-order valence-electron chi connectivity index (χ1n) is 7.34. The van der Waals surface area contributed by atoms with Crippen molar-refractivity contribution in [2.45, 2.75) is 52.8 Å². The van der Waals surface area contributed by atoms with Crippen molar-refractivity contribution in [2.24, 2.45) is 5.92 Å². The highest BCUT2D eigenvalue weighted by molar-refractivity contribution is 7.14. The van der Waals surface area contributed by atoms with E-state index in [-0.39, 0.29) is 24.0 Å². The molecule has 2 heterocycles. The molecule has 0 saturated heterocycles. The van der Waals surface area contributed by atoms with Gasteiger partial charge in [-0.15, -0.1) is 11.3 Å². The van der Waals surface area contributed by atoms with Crippen molar-refractivity contribution in [3.63, 3.8) is 0 Å². The van der Waals surface area contributed by atoms with E-state index in [4.69, 9.17) is 9.47 Å². The Bertz CT molecular complexity index is 585. The van der Waals surface area contributed by atoms with E-state index in [1.165, 1.54) is 18.4 Å². The van der Waals surface area contributed by atoms with Crippen molar-refractivity contribution in [3.8, 4) is 0 Å². The van der Waals surface area contributed by atoms with Gasteiger partial charge in [-0.1, -0.05) is 13.8 Å². The fraction of sp³-hybridized carbons (Fsp3) is 0.625. The molecule has 1 aliphatic heterocycles. The monoisotopic (exact) mass is 325 g/mol. The third kappa shape index (κ3) is 3.27. The Balaban J connectivity index is 2.28. The van der Waals surface area contributed by atoms with Gasteiger partial charge in [0.2, 0.25) is 0 Å². The number of carbonyl (C=O) groups is 2. The highest BCUT2D eigenvalue weighted by Crippen LogP contribution is 2.44. The Morgan fingerprint density at radius 2 is 2.00 bits per heavy atom. The molecule has 5 nitrogen and oxygen atoms in total. The molecule has 1 aliphatic rings. The number of rotatable bonds is 2. The number of amides is 1. The van der Waals surface area contributed by atoms with Crippen LogP contribution >= 0.6 is 11.3 Å². The fourth-order valence-electron chi connectivity index (χ4n) is 2.60. The van der Waals surface area contributed by atoms with Gasteiger partial charge in [-0.2, -0.15) is 0 Å². The molecule has 0 aromatic carbocycles. The van der Waals surface area contributed by atoms with Crippen molar-refractivity contribution in [1.82, 2.24) is 4.90 Å². The molecule has 22 heavy (non-hydrogen) atoms. The average Bonchev–Trinajstić information content (AvgIpc) is 2.91. The zero-order chi connectivity index (χ0) is 16.7. The molecule has 0 radical (unpaired) electrons. The van der Waals surface area contributed by atoms with Crippen LogP contribution in [0.3, 0.4) is 0 Å². The molecule has 0 N–H and O–H groups in total. The highest BCUT2D eigenvalue weighted by atomic mass is 32.1. The summed E-state index contributed by atoms with van der Waals surface area (Å²) >= 11 is 1.41. The molecular formula is C16H23NO4S. The second-order valence-electron chi connectivity index (χ2n) is 6.79. The number of fused-ring (bicyclic) bond motifs is 1. The molecule has 0 bridgehead atoms. The van der Waals surface area contributed by atoms with Gasteiger partial charge < -0.3 is 9.47 Å². The summed E-state index contributed by atoms with van der Waals surface area (Å²) in [6, 6.07) is 1.76. The molecule has 0 aliphatic carbocycles. The lowest BCUT2D eigenvalue weighted by molar-refractivity contribution is 0.0129. The summed E-state index contributed by atoms with van der Waals surface area (Å²) in [5.41, 5.74) is 0.487. The summed E-state index contributed by atoms with van der Waals surface area (Å²) in [6.45, 7) is 10.2. The second-order valence-corrected chi connectivity index (χ2v) is 7.87. The number of nitrogens with zero attached hydrogens (tertiary/aromatic N) is 1. The van der Waals surface area contributed by atoms with E-state index >= 15 is 0 Å². The lowest BCUT2D eigenvalue weighted by Crippen LogP contribution is -2.37. The van der Waals surface area contributed by atoms with Crippen LogP contribution in [0.25, 0.3) is 0 Å². The van der Waals surface area contributed by atoms with E-state index in [1.54, 1.807) is 4.90 Å². The molecule has 0 fully saturated rings. The van der Waals surface area contributed by atoms with Crippen LogP contribution in [0, 0.1) is 5.92 Å². The van der Waals surface area contributed by atoms with Crippen molar-refractivity contribution in [1.29, 1.82) is 0 Å². The van der Waals surface area contributed by atoms with Gasteiger partial charge in [-0.25, -0.2) is 9.59 Å². The molecular weight excluding hydrogens is 302 g/mol.